The standard InChI is InChI=1S/C21H18ClN3O/c1-3-24-18-7-5-4-6-15(18)8-13-19(24)20-14(2)23-25(21(20)26)17-11-9-16(22)10-12-17/h4-13H,3H2,1-2H3/b20-19-. The van der Waals surface area contributed by atoms with E-state index in [2.05, 4.69) is 35.1 Å². The SMILES string of the molecule is CCN1/C(=C2\C(=O)N(c3ccc(Cl)cc3)N=C2C)C=Cc2ccccc21. The van der Waals surface area contributed by atoms with E-state index in [4.69, 9.17) is 11.6 Å². The van der Waals surface area contributed by atoms with Gasteiger partial charge in [0, 0.05) is 17.3 Å². The second-order valence-electron chi connectivity index (χ2n) is 6.18. The first-order valence-corrected chi connectivity index (χ1v) is 8.92. The molecular weight excluding hydrogens is 346 g/mol. The summed E-state index contributed by atoms with van der Waals surface area (Å²) in [5, 5.41) is 6.56. The molecule has 2 aromatic rings. The van der Waals surface area contributed by atoms with Gasteiger partial charge >= 0.3 is 0 Å². The molecule has 0 spiro atoms. The molecule has 130 valence electrons. The molecule has 0 unspecified atom stereocenters. The molecule has 0 atom stereocenters. The summed E-state index contributed by atoms with van der Waals surface area (Å²) >= 11 is 5.96. The summed E-state index contributed by atoms with van der Waals surface area (Å²) in [7, 11) is 0. The third-order valence-corrected chi connectivity index (χ3v) is 4.85. The van der Waals surface area contributed by atoms with Crippen molar-refractivity contribution >= 4 is 40.7 Å². The highest BCUT2D eigenvalue weighted by Gasteiger charge is 2.33. The number of amides is 1. The van der Waals surface area contributed by atoms with Crippen LogP contribution in [0.5, 0.6) is 0 Å². The van der Waals surface area contributed by atoms with Gasteiger partial charge in [0.1, 0.15) is 0 Å². The molecule has 1 amide bonds. The van der Waals surface area contributed by atoms with Crippen LogP contribution in [-0.2, 0) is 4.79 Å². The highest BCUT2D eigenvalue weighted by atomic mass is 35.5. The zero-order valence-electron chi connectivity index (χ0n) is 14.6. The minimum Gasteiger partial charge on any atom is -0.341 e. The van der Waals surface area contributed by atoms with E-state index in [-0.39, 0.29) is 5.91 Å². The molecule has 2 heterocycles. The van der Waals surface area contributed by atoms with Crippen LogP contribution in [0.3, 0.4) is 0 Å². The van der Waals surface area contributed by atoms with Crippen molar-refractivity contribution in [1.29, 1.82) is 0 Å². The maximum Gasteiger partial charge on any atom is 0.282 e. The first-order valence-electron chi connectivity index (χ1n) is 8.54. The topological polar surface area (TPSA) is 35.9 Å². The minimum atomic E-state index is -0.123. The molecule has 26 heavy (non-hydrogen) atoms. The second kappa shape index (κ2) is 6.46. The molecule has 0 bridgehead atoms. The van der Waals surface area contributed by atoms with E-state index in [1.54, 1.807) is 24.3 Å². The van der Waals surface area contributed by atoms with Gasteiger partial charge in [0.2, 0.25) is 0 Å². The van der Waals surface area contributed by atoms with Crippen LogP contribution in [0.25, 0.3) is 6.08 Å². The summed E-state index contributed by atoms with van der Waals surface area (Å²) in [5.74, 6) is -0.123. The normalized spacial score (nSPS) is 19.0. The van der Waals surface area contributed by atoms with E-state index in [0.717, 1.165) is 23.5 Å². The molecule has 0 saturated heterocycles. The van der Waals surface area contributed by atoms with Crippen molar-refractivity contribution in [3.05, 3.63) is 76.5 Å². The number of hydrogen-bond donors (Lipinski definition) is 0. The lowest BCUT2D eigenvalue weighted by molar-refractivity contribution is -0.114. The van der Waals surface area contributed by atoms with Crippen molar-refractivity contribution in [3.8, 4) is 0 Å². The fourth-order valence-electron chi connectivity index (χ4n) is 3.38. The fourth-order valence-corrected chi connectivity index (χ4v) is 3.51. The van der Waals surface area contributed by atoms with Crippen molar-refractivity contribution in [2.45, 2.75) is 13.8 Å². The fraction of sp³-hybridized carbons (Fsp3) is 0.143. The lowest BCUT2D eigenvalue weighted by Crippen LogP contribution is -2.29. The van der Waals surface area contributed by atoms with Crippen LogP contribution in [0.15, 0.2) is 71.0 Å². The van der Waals surface area contributed by atoms with Crippen LogP contribution in [0.1, 0.15) is 19.4 Å². The molecule has 0 aliphatic carbocycles. The molecule has 0 radical (unpaired) electrons. The highest BCUT2D eigenvalue weighted by molar-refractivity contribution is 6.32. The number of benzene rings is 2. The number of halogens is 1. The van der Waals surface area contributed by atoms with Gasteiger partial charge in [-0.15, -0.1) is 0 Å². The summed E-state index contributed by atoms with van der Waals surface area (Å²) in [6.07, 6.45) is 4.05. The van der Waals surface area contributed by atoms with Crippen LogP contribution in [0, 0.1) is 0 Å². The predicted octanol–water partition coefficient (Wildman–Crippen LogP) is 4.87. The quantitative estimate of drug-likeness (QED) is 0.713. The van der Waals surface area contributed by atoms with Crippen molar-refractivity contribution in [2.75, 3.05) is 16.5 Å². The van der Waals surface area contributed by atoms with Crippen LogP contribution >= 0.6 is 11.6 Å². The Hall–Kier alpha value is -2.85. The Morgan fingerprint density at radius 3 is 2.50 bits per heavy atom. The van der Waals surface area contributed by atoms with Gasteiger partial charge in [-0.2, -0.15) is 10.1 Å². The number of fused-ring (bicyclic) bond motifs is 1. The second-order valence-corrected chi connectivity index (χ2v) is 6.61. The molecule has 0 aromatic heterocycles. The van der Waals surface area contributed by atoms with Crippen LogP contribution in [0.4, 0.5) is 11.4 Å². The molecule has 5 heteroatoms. The van der Waals surface area contributed by atoms with Crippen molar-refractivity contribution in [1.82, 2.24) is 0 Å². The number of para-hydroxylation sites is 1. The first-order chi connectivity index (χ1) is 12.6. The van der Waals surface area contributed by atoms with Gasteiger partial charge in [0.05, 0.1) is 22.7 Å². The number of rotatable bonds is 2. The van der Waals surface area contributed by atoms with Gasteiger partial charge in [-0.05, 0) is 55.8 Å². The van der Waals surface area contributed by atoms with Crippen LogP contribution in [-0.4, -0.2) is 18.2 Å². The maximum atomic E-state index is 13.1. The Morgan fingerprint density at radius 1 is 1.04 bits per heavy atom. The summed E-state index contributed by atoms with van der Waals surface area (Å²) in [5.41, 5.74) is 5.18. The molecule has 2 aromatic carbocycles. The highest BCUT2D eigenvalue weighted by Crippen LogP contribution is 2.35. The van der Waals surface area contributed by atoms with E-state index < -0.39 is 0 Å². The number of carbonyl (C=O) groups is 1. The molecule has 4 rings (SSSR count). The van der Waals surface area contributed by atoms with Crippen LogP contribution in [0.2, 0.25) is 5.02 Å². The zero-order chi connectivity index (χ0) is 18.3. The predicted molar refractivity (Wildman–Crippen MR) is 108 cm³/mol. The number of allylic oxidation sites excluding steroid dienone is 1. The number of hydrogen-bond acceptors (Lipinski definition) is 3. The number of hydrazone groups is 1. The molecule has 0 saturated carbocycles. The van der Waals surface area contributed by atoms with E-state index in [1.807, 2.05) is 25.1 Å². The lowest BCUT2D eigenvalue weighted by atomic mass is 10.0. The Bertz CT molecular complexity index is 973. The van der Waals surface area contributed by atoms with Gasteiger partial charge < -0.3 is 4.90 Å². The minimum absolute atomic E-state index is 0.123. The molecule has 0 fully saturated rings. The Balaban J connectivity index is 1.79. The number of anilines is 2. The van der Waals surface area contributed by atoms with Gasteiger partial charge in [0.15, 0.2) is 0 Å². The van der Waals surface area contributed by atoms with Crippen molar-refractivity contribution < 1.29 is 4.79 Å². The third kappa shape index (κ3) is 2.63. The zero-order valence-corrected chi connectivity index (χ0v) is 15.4. The Labute approximate surface area is 157 Å². The Kier molecular flexibility index (Phi) is 4.13. The summed E-state index contributed by atoms with van der Waals surface area (Å²) < 4.78 is 0. The number of nitrogens with zero attached hydrogens (tertiary/aromatic N) is 3. The maximum absolute atomic E-state index is 13.1. The summed E-state index contributed by atoms with van der Waals surface area (Å²) in [4.78, 5) is 15.3. The molecule has 2 aliphatic rings. The van der Waals surface area contributed by atoms with Gasteiger partial charge in [0.25, 0.3) is 5.91 Å². The lowest BCUT2D eigenvalue weighted by Gasteiger charge is -2.30. The summed E-state index contributed by atoms with van der Waals surface area (Å²) in [6, 6.07) is 15.3. The van der Waals surface area contributed by atoms with Crippen LogP contribution < -0.4 is 9.91 Å². The molecule has 2 aliphatic heterocycles. The number of carbonyl (C=O) groups excluding carboxylic acids is 1. The van der Waals surface area contributed by atoms with Gasteiger partial charge in [-0.3, -0.25) is 4.79 Å². The molecule has 0 N–H and O–H groups in total. The monoisotopic (exact) mass is 363 g/mol. The first kappa shape index (κ1) is 16.6. The Morgan fingerprint density at radius 2 is 1.77 bits per heavy atom. The largest absolute Gasteiger partial charge is 0.341 e. The smallest absolute Gasteiger partial charge is 0.282 e. The van der Waals surface area contributed by atoms with E-state index in [0.29, 0.717) is 22.0 Å². The molecule has 4 nitrogen and oxygen atoms in total. The van der Waals surface area contributed by atoms with E-state index >= 15 is 0 Å². The van der Waals surface area contributed by atoms with Gasteiger partial charge in [-0.1, -0.05) is 35.9 Å². The van der Waals surface area contributed by atoms with Crippen molar-refractivity contribution in [2.24, 2.45) is 5.10 Å². The number of likely N-dealkylation sites (N-methyl/N-ethyl adjacent to an activating group) is 1. The molecular formula is C21H18ClN3O. The third-order valence-electron chi connectivity index (χ3n) is 4.60. The van der Waals surface area contributed by atoms with Gasteiger partial charge in [-0.25, -0.2) is 0 Å². The van der Waals surface area contributed by atoms with Crippen molar-refractivity contribution in [3.63, 3.8) is 0 Å². The summed E-state index contributed by atoms with van der Waals surface area (Å²) in [6.45, 7) is 4.72. The average Bonchev–Trinajstić information content (AvgIpc) is 2.95. The van der Waals surface area contributed by atoms with E-state index in [1.165, 1.54) is 5.01 Å². The average molecular weight is 364 g/mol. The van der Waals surface area contributed by atoms with E-state index in [9.17, 15) is 4.79 Å².